The number of benzene rings is 1. The van der Waals surface area contributed by atoms with Gasteiger partial charge in [-0.15, -0.1) is 0 Å². The highest BCUT2D eigenvalue weighted by Crippen LogP contribution is 2.52. The lowest BCUT2D eigenvalue weighted by atomic mass is 9.77. The maximum Gasteiger partial charge on any atom is 0.312 e. The van der Waals surface area contributed by atoms with Gasteiger partial charge in [0.15, 0.2) is 0 Å². The number of nitrogens with zero attached hydrogens (tertiary/aromatic N) is 1. The van der Waals surface area contributed by atoms with E-state index >= 15 is 0 Å². The predicted octanol–water partition coefficient (Wildman–Crippen LogP) is 1.91. The summed E-state index contributed by atoms with van der Waals surface area (Å²) < 4.78 is 11.8. The maximum absolute atomic E-state index is 12.9. The number of esters is 1. The van der Waals surface area contributed by atoms with Gasteiger partial charge in [-0.2, -0.15) is 0 Å². The second-order valence-corrected chi connectivity index (χ2v) is 6.74. The molecule has 0 radical (unpaired) electrons. The third kappa shape index (κ3) is 1.74. The van der Waals surface area contributed by atoms with Crippen LogP contribution < -0.4 is 4.90 Å². The second-order valence-electron chi connectivity index (χ2n) is 5.82. The van der Waals surface area contributed by atoms with Gasteiger partial charge in [0.1, 0.15) is 11.5 Å². The third-order valence-electron chi connectivity index (χ3n) is 4.71. The van der Waals surface area contributed by atoms with Crippen molar-refractivity contribution in [2.24, 2.45) is 11.8 Å². The molecule has 4 rings (SSSR count). The molecule has 4 atom stereocenters. The van der Waals surface area contributed by atoms with E-state index in [1.807, 2.05) is 36.4 Å². The van der Waals surface area contributed by atoms with Gasteiger partial charge in [-0.1, -0.05) is 28.1 Å². The lowest BCUT2D eigenvalue weighted by Gasteiger charge is -2.22. The molecule has 0 aromatic heterocycles. The number of hydrogen-bond donors (Lipinski definition) is 0. The van der Waals surface area contributed by atoms with Crippen LogP contribution in [0.4, 0.5) is 5.69 Å². The van der Waals surface area contributed by atoms with Gasteiger partial charge in [0, 0.05) is 10.2 Å². The minimum Gasteiger partial charge on any atom is -0.469 e. The van der Waals surface area contributed by atoms with E-state index in [0.717, 1.165) is 10.2 Å². The van der Waals surface area contributed by atoms with Crippen LogP contribution in [0.25, 0.3) is 0 Å². The van der Waals surface area contributed by atoms with Crippen LogP contribution in [0.3, 0.4) is 0 Å². The number of amides is 1. The van der Waals surface area contributed by atoms with Crippen molar-refractivity contribution in [3.8, 4) is 0 Å². The van der Waals surface area contributed by atoms with E-state index in [1.165, 1.54) is 7.11 Å². The zero-order valence-corrected chi connectivity index (χ0v) is 13.4. The van der Waals surface area contributed by atoms with Crippen molar-refractivity contribution < 1.29 is 19.1 Å². The lowest BCUT2D eigenvalue weighted by molar-refractivity contribution is -0.149. The Balaban J connectivity index is 1.71. The van der Waals surface area contributed by atoms with Gasteiger partial charge in [-0.3, -0.25) is 9.59 Å². The molecular formula is C16H14BrNO4. The summed E-state index contributed by atoms with van der Waals surface area (Å²) >= 11 is 3.39. The fourth-order valence-electron chi connectivity index (χ4n) is 3.74. The highest BCUT2D eigenvalue weighted by atomic mass is 79.9. The van der Waals surface area contributed by atoms with Gasteiger partial charge < -0.3 is 14.4 Å². The molecule has 2 saturated heterocycles. The van der Waals surface area contributed by atoms with E-state index in [9.17, 15) is 9.59 Å². The number of carbonyl (C=O) groups excluding carboxylic acids is 2. The van der Waals surface area contributed by atoms with Gasteiger partial charge in [-0.05, 0) is 24.3 Å². The van der Waals surface area contributed by atoms with Crippen molar-refractivity contribution in [2.75, 3.05) is 18.6 Å². The zero-order chi connectivity index (χ0) is 15.5. The Morgan fingerprint density at radius 1 is 1.41 bits per heavy atom. The molecule has 0 aliphatic carbocycles. The Hall–Kier alpha value is -1.66. The molecule has 2 bridgehead atoms. The Labute approximate surface area is 136 Å². The number of methoxy groups -OCH3 is 1. The number of anilines is 1. The first-order valence-electron chi connectivity index (χ1n) is 7.08. The number of ether oxygens (including phenoxy) is 2. The average molecular weight is 364 g/mol. The molecule has 22 heavy (non-hydrogen) atoms. The number of carbonyl (C=O) groups is 2. The van der Waals surface area contributed by atoms with E-state index < -0.39 is 17.4 Å². The van der Waals surface area contributed by atoms with Gasteiger partial charge >= 0.3 is 5.97 Å². The van der Waals surface area contributed by atoms with Crippen LogP contribution in [0.15, 0.2) is 40.9 Å². The van der Waals surface area contributed by atoms with Crippen molar-refractivity contribution in [3.05, 3.63) is 40.9 Å². The van der Waals surface area contributed by atoms with Crippen LogP contribution in [0.2, 0.25) is 0 Å². The molecule has 0 N–H and O–H groups in total. The zero-order valence-electron chi connectivity index (χ0n) is 11.9. The molecule has 3 heterocycles. The largest absolute Gasteiger partial charge is 0.469 e. The Morgan fingerprint density at radius 2 is 2.14 bits per heavy atom. The summed E-state index contributed by atoms with van der Waals surface area (Å²) in [5.41, 5.74) is 0.106. The molecule has 3 aliphatic rings. The van der Waals surface area contributed by atoms with Crippen LogP contribution in [-0.4, -0.2) is 37.2 Å². The van der Waals surface area contributed by atoms with Gasteiger partial charge in [0.05, 0.1) is 25.7 Å². The second kappa shape index (κ2) is 4.67. The van der Waals surface area contributed by atoms with Crippen molar-refractivity contribution >= 4 is 33.5 Å². The first-order chi connectivity index (χ1) is 10.6. The average Bonchev–Trinajstić information content (AvgIpc) is 3.16. The molecule has 1 amide bonds. The van der Waals surface area contributed by atoms with E-state index in [-0.39, 0.29) is 18.0 Å². The first-order valence-corrected chi connectivity index (χ1v) is 7.87. The Kier molecular flexibility index (Phi) is 2.96. The van der Waals surface area contributed by atoms with Gasteiger partial charge in [-0.25, -0.2) is 0 Å². The van der Waals surface area contributed by atoms with Gasteiger partial charge in [0.25, 0.3) is 0 Å². The van der Waals surface area contributed by atoms with E-state index in [2.05, 4.69) is 15.9 Å². The van der Waals surface area contributed by atoms with Crippen molar-refractivity contribution in [1.29, 1.82) is 0 Å². The van der Waals surface area contributed by atoms with E-state index in [1.54, 1.807) is 4.90 Å². The SMILES string of the molecule is COC(=O)C1[C@H]2C(=O)N(c3ccc(Br)cc3)C[C@]23C=C[C@H]1O3. The molecule has 1 unspecified atom stereocenters. The summed E-state index contributed by atoms with van der Waals surface area (Å²) in [6, 6.07) is 7.53. The molecule has 2 fully saturated rings. The topological polar surface area (TPSA) is 55.8 Å². The number of fused-ring (bicyclic) bond motifs is 1. The minimum absolute atomic E-state index is 0.0791. The molecule has 114 valence electrons. The molecule has 1 spiro atoms. The summed E-state index contributed by atoms with van der Waals surface area (Å²) in [7, 11) is 1.34. The standard InChI is InChI=1S/C16H14BrNO4/c1-21-15(20)12-11-6-7-16(22-11)8-18(14(19)13(12)16)10-4-2-9(17)3-5-10/h2-7,11-13H,8H2,1H3/t11-,12?,13+,16-/m1/s1. The summed E-state index contributed by atoms with van der Waals surface area (Å²) in [6.45, 7) is 0.429. The quantitative estimate of drug-likeness (QED) is 0.594. The third-order valence-corrected chi connectivity index (χ3v) is 5.24. The summed E-state index contributed by atoms with van der Waals surface area (Å²) in [5.74, 6) is -1.52. The summed E-state index contributed by atoms with van der Waals surface area (Å²) in [6.07, 6.45) is 3.45. The number of hydrogen-bond acceptors (Lipinski definition) is 4. The van der Waals surface area contributed by atoms with E-state index in [0.29, 0.717) is 6.54 Å². The first kappa shape index (κ1) is 14.0. The fourth-order valence-corrected chi connectivity index (χ4v) is 4.01. The smallest absolute Gasteiger partial charge is 0.312 e. The number of rotatable bonds is 2. The van der Waals surface area contributed by atoms with Crippen molar-refractivity contribution in [1.82, 2.24) is 0 Å². The fraction of sp³-hybridized carbons (Fsp3) is 0.375. The lowest BCUT2D eigenvalue weighted by Crippen LogP contribution is -2.39. The molecule has 3 aliphatic heterocycles. The monoisotopic (exact) mass is 363 g/mol. The maximum atomic E-state index is 12.9. The van der Waals surface area contributed by atoms with Crippen LogP contribution in [-0.2, 0) is 19.1 Å². The van der Waals surface area contributed by atoms with Crippen LogP contribution in [0.1, 0.15) is 0 Å². The molecule has 6 heteroatoms. The van der Waals surface area contributed by atoms with Crippen LogP contribution >= 0.6 is 15.9 Å². The summed E-state index contributed by atoms with van der Waals surface area (Å²) in [5, 5.41) is 0. The molecule has 0 saturated carbocycles. The van der Waals surface area contributed by atoms with E-state index in [4.69, 9.17) is 9.47 Å². The van der Waals surface area contributed by atoms with Crippen molar-refractivity contribution in [2.45, 2.75) is 11.7 Å². The Morgan fingerprint density at radius 3 is 2.82 bits per heavy atom. The molecular weight excluding hydrogens is 350 g/mol. The predicted molar refractivity (Wildman–Crippen MR) is 82.2 cm³/mol. The van der Waals surface area contributed by atoms with Crippen LogP contribution in [0.5, 0.6) is 0 Å². The van der Waals surface area contributed by atoms with Crippen LogP contribution in [0, 0.1) is 11.8 Å². The van der Waals surface area contributed by atoms with Gasteiger partial charge in [0.2, 0.25) is 5.91 Å². The minimum atomic E-state index is -0.701. The Bertz CT molecular complexity index is 686. The number of halogens is 1. The molecule has 1 aromatic carbocycles. The summed E-state index contributed by atoms with van der Waals surface area (Å²) in [4.78, 5) is 26.6. The van der Waals surface area contributed by atoms with Crippen molar-refractivity contribution in [3.63, 3.8) is 0 Å². The highest BCUT2D eigenvalue weighted by Gasteiger charge is 2.67. The molecule has 1 aromatic rings. The normalized spacial score (nSPS) is 35.1. The molecule has 5 nitrogen and oxygen atoms in total. The highest BCUT2D eigenvalue weighted by molar-refractivity contribution is 9.10.